The van der Waals surface area contributed by atoms with E-state index in [-0.39, 0.29) is 16.2 Å². The van der Waals surface area contributed by atoms with Gasteiger partial charge >= 0.3 is 0 Å². The van der Waals surface area contributed by atoms with Crippen molar-refractivity contribution in [3.8, 4) is 0 Å². The predicted octanol–water partition coefficient (Wildman–Crippen LogP) is 4.32. The van der Waals surface area contributed by atoms with Gasteiger partial charge in [0, 0.05) is 4.43 Å². The first-order chi connectivity index (χ1) is 7.52. The van der Waals surface area contributed by atoms with Crippen LogP contribution in [0.5, 0.6) is 0 Å². The van der Waals surface area contributed by atoms with Gasteiger partial charge in [-0.05, 0) is 17.8 Å². The molecule has 0 aromatic heterocycles. The Bertz CT molecular complexity index is 311. The zero-order chi connectivity index (χ0) is 13.5. The monoisotopic (exact) mass is 351 g/mol. The molecule has 0 saturated carbocycles. The zero-order valence-electron chi connectivity index (χ0n) is 12.2. The Morgan fingerprint density at radius 1 is 1.18 bits per heavy atom. The van der Waals surface area contributed by atoms with Crippen LogP contribution in [0.25, 0.3) is 0 Å². The Balaban J connectivity index is 3.02. The fourth-order valence-electron chi connectivity index (χ4n) is 1.70. The molecule has 100 valence electrons. The van der Waals surface area contributed by atoms with Gasteiger partial charge in [0.2, 0.25) is 0 Å². The maximum Gasteiger partial charge on any atom is 0.191 e. The summed E-state index contributed by atoms with van der Waals surface area (Å²) in [6, 6.07) is 0.294. The maximum absolute atomic E-state index is 5.92. The maximum atomic E-state index is 5.92. The first-order valence-electron chi connectivity index (χ1n) is 6.29. The van der Waals surface area contributed by atoms with Gasteiger partial charge < -0.3 is 4.74 Å². The molecule has 17 heavy (non-hydrogen) atoms. The van der Waals surface area contributed by atoms with Gasteiger partial charge in [-0.2, -0.15) is 0 Å². The number of aliphatic imine (C=N–C) groups is 1. The minimum absolute atomic E-state index is 0.0214. The molecular weight excluding hydrogens is 325 g/mol. The van der Waals surface area contributed by atoms with Crippen LogP contribution in [-0.4, -0.2) is 23.0 Å². The van der Waals surface area contributed by atoms with Crippen LogP contribution in [0.3, 0.4) is 0 Å². The minimum atomic E-state index is 0.0214. The summed E-state index contributed by atoms with van der Waals surface area (Å²) < 4.78 is 6.95. The molecule has 2 nitrogen and oxygen atoms in total. The molecule has 0 aromatic rings. The highest BCUT2D eigenvalue weighted by Crippen LogP contribution is 2.44. The molecule has 0 saturated heterocycles. The lowest BCUT2D eigenvalue weighted by Gasteiger charge is -2.39. The van der Waals surface area contributed by atoms with E-state index in [9.17, 15) is 0 Å². The second-order valence-electron chi connectivity index (χ2n) is 7.34. The SMILES string of the molecule is CC(C)(C)[C@H]1COC([C@@](C)(CI)C(C)(C)C)=N1. The number of alkyl halides is 1. The lowest BCUT2D eigenvalue weighted by atomic mass is 9.69. The molecular formula is C14H26INO. The molecule has 1 aliphatic rings. The molecule has 0 fully saturated rings. The van der Waals surface area contributed by atoms with Crippen molar-refractivity contribution in [3.05, 3.63) is 0 Å². The van der Waals surface area contributed by atoms with Crippen molar-refractivity contribution in [2.75, 3.05) is 11.0 Å². The van der Waals surface area contributed by atoms with Crippen molar-refractivity contribution in [2.24, 2.45) is 21.2 Å². The quantitative estimate of drug-likeness (QED) is 0.536. The van der Waals surface area contributed by atoms with E-state index < -0.39 is 0 Å². The molecule has 0 N–H and O–H groups in total. The summed E-state index contributed by atoms with van der Waals surface area (Å²) in [4.78, 5) is 4.86. The van der Waals surface area contributed by atoms with Crippen LogP contribution in [-0.2, 0) is 4.74 Å². The third kappa shape index (κ3) is 2.96. The van der Waals surface area contributed by atoms with Crippen LogP contribution in [0.15, 0.2) is 4.99 Å². The first kappa shape index (κ1) is 15.3. The third-order valence-corrected chi connectivity index (χ3v) is 5.57. The van der Waals surface area contributed by atoms with Crippen LogP contribution >= 0.6 is 22.6 Å². The molecule has 1 rings (SSSR count). The highest BCUT2D eigenvalue weighted by molar-refractivity contribution is 14.1. The summed E-state index contributed by atoms with van der Waals surface area (Å²) in [5, 5.41) is 0. The van der Waals surface area contributed by atoms with Crippen molar-refractivity contribution >= 4 is 28.5 Å². The van der Waals surface area contributed by atoms with Crippen LogP contribution in [0.2, 0.25) is 0 Å². The third-order valence-electron chi connectivity index (χ3n) is 4.05. The van der Waals surface area contributed by atoms with Crippen molar-refractivity contribution in [2.45, 2.75) is 54.5 Å². The molecule has 1 aliphatic heterocycles. The van der Waals surface area contributed by atoms with Gasteiger partial charge in [-0.15, -0.1) is 0 Å². The fraction of sp³-hybridized carbons (Fsp3) is 0.929. The van der Waals surface area contributed by atoms with E-state index >= 15 is 0 Å². The predicted molar refractivity (Wildman–Crippen MR) is 83.1 cm³/mol. The van der Waals surface area contributed by atoms with Crippen molar-refractivity contribution in [1.82, 2.24) is 0 Å². The summed E-state index contributed by atoms with van der Waals surface area (Å²) in [6.07, 6.45) is 0. The smallest absolute Gasteiger partial charge is 0.191 e. The largest absolute Gasteiger partial charge is 0.478 e. The van der Waals surface area contributed by atoms with Crippen molar-refractivity contribution in [1.29, 1.82) is 0 Å². The first-order valence-corrected chi connectivity index (χ1v) is 7.82. The number of ether oxygens (including phenoxy) is 1. The Morgan fingerprint density at radius 3 is 2.00 bits per heavy atom. The zero-order valence-corrected chi connectivity index (χ0v) is 14.4. The second kappa shape index (κ2) is 4.71. The molecule has 3 heteroatoms. The number of rotatable bonds is 2. The topological polar surface area (TPSA) is 21.6 Å². The van der Waals surface area contributed by atoms with Crippen molar-refractivity contribution < 1.29 is 4.74 Å². The van der Waals surface area contributed by atoms with Crippen LogP contribution in [0, 0.1) is 16.2 Å². The van der Waals surface area contributed by atoms with E-state index in [1.54, 1.807) is 0 Å². The van der Waals surface area contributed by atoms with E-state index in [2.05, 4.69) is 71.1 Å². The average molecular weight is 351 g/mol. The van der Waals surface area contributed by atoms with Gasteiger partial charge in [0.1, 0.15) is 6.61 Å². The Morgan fingerprint density at radius 2 is 1.71 bits per heavy atom. The summed E-state index contributed by atoms with van der Waals surface area (Å²) in [6.45, 7) is 16.5. The van der Waals surface area contributed by atoms with Gasteiger partial charge in [0.25, 0.3) is 0 Å². The van der Waals surface area contributed by atoms with Gasteiger partial charge in [0.05, 0.1) is 11.5 Å². The molecule has 0 unspecified atom stereocenters. The van der Waals surface area contributed by atoms with E-state index in [4.69, 9.17) is 9.73 Å². The van der Waals surface area contributed by atoms with Crippen molar-refractivity contribution in [3.63, 3.8) is 0 Å². The summed E-state index contributed by atoms with van der Waals surface area (Å²) >= 11 is 2.45. The van der Waals surface area contributed by atoms with E-state index in [0.29, 0.717) is 6.04 Å². The fourth-order valence-corrected chi connectivity index (χ4v) is 3.17. The lowest BCUT2D eigenvalue weighted by molar-refractivity contribution is 0.167. The van der Waals surface area contributed by atoms with E-state index in [1.807, 2.05) is 0 Å². The Hall–Kier alpha value is 0.200. The summed E-state index contributed by atoms with van der Waals surface area (Å²) in [5.41, 5.74) is 0.374. The molecule has 0 aromatic carbocycles. The molecule has 0 bridgehead atoms. The van der Waals surface area contributed by atoms with Gasteiger partial charge in [0.15, 0.2) is 5.90 Å². The molecule has 0 aliphatic carbocycles. The Kier molecular flexibility index (Phi) is 4.22. The molecule has 0 spiro atoms. The average Bonchev–Trinajstić information content (AvgIpc) is 2.62. The highest BCUT2D eigenvalue weighted by atomic mass is 127. The van der Waals surface area contributed by atoms with Gasteiger partial charge in [-0.25, -0.2) is 4.99 Å². The number of nitrogens with zero attached hydrogens (tertiary/aromatic N) is 1. The number of hydrogen-bond donors (Lipinski definition) is 0. The second-order valence-corrected chi connectivity index (χ2v) is 8.11. The van der Waals surface area contributed by atoms with E-state index in [1.165, 1.54) is 0 Å². The summed E-state index contributed by atoms with van der Waals surface area (Å²) in [7, 11) is 0. The van der Waals surface area contributed by atoms with Crippen LogP contribution in [0.4, 0.5) is 0 Å². The molecule has 0 radical (unpaired) electrons. The minimum Gasteiger partial charge on any atom is -0.478 e. The van der Waals surface area contributed by atoms with E-state index in [0.717, 1.165) is 16.9 Å². The summed E-state index contributed by atoms with van der Waals surface area (Å²) in [5.74, 6) is 0.958. The lowest BCUT2D eigenvalue weighted by Crippen LogP contribution is -2.42. The number of hydrogen-bond acceptors (Lipinski definition) is 2. The van der Waals surface area contributed by atoms with Gasteiger partial charge in [-0.3, -0.25) is 0 Å². The standard InChI is InChI=1S/C14H26INO/c1-12(2,3)10-8-17-11(16-10)14(7,9-15)13(4,5)6/h10H,8-9H2,1-7H3/t10-,14-/m1/s1. The number of halogens is 1. The Labute approximate surface area is 120 Å². The molecule has 2 atom stereocenters. The van der Waals surface area contributed by atoms with Crippen LogP contribution < -0.4 is 0 Å². The molecule has 1 heterocycles. The van der Waals surface area contributed by atoms with Gasteiger partial charge in [-0.1, -0.05) is 64.1 Å². The normalized spacial score (nSPS) is 25.2. The molecule has 0 amide bonds. The van der Waals surface area contributed by atoms with Crippen LogP contribution in [0.1, 0.15) is 48.5 Å². The highest BCUT2D eigenvalue weighted by Gasteiger charge is 2.46.